The van der Waals surface area contributed by atoms with Crippen LogP contribution in [0, 0.1) is 0 Å². The molecule has 0 fully saturated rings. The molecule has 0 unspecified atom stereocenters. The van der Waals surface area contributed by atoms with Gasteiger partial charge in [0.05, 0.1) is 0 Å². The monoisotopic (exact) mass is 214 g/mol. The van der Waals surface area contributed by atoms with Crippen molar-refractivity contribution in [1.29, 1.82) is 0 Å². The first-order chi connectivity index (χ1) is 3.46. The Hall–Kier alpha value is 0.559. The van der Waals surface area contributed by atoms with Crippen molar-refractivity contribution in [1.82, 2.24) is 0 Å². The summed E-state index contributed by atoms with van der Waals surface area (Å²) in [6.45, 7) is 0. The topological polar surface area (TPSA) is 126 Å². The van der Waals surface area contributed by atoms with Gasteiger partial charge in [-0.3, -0.25) is 0 Å². The van der Waals surface area contributed by atoms with Gasteiger partial charge in [0.2, 0.25) is 0 Å². The Labute approximate surface area is 62.9 Å². The summed E-state index contributed by atoms with van der Waals surface area (Å²) in [5.74, 6) is 0. The van der Waals surface area contributed by atoms with Crippen molar-refractivity contribution in [3.05, 3.63) is 0 Å². The molecule has 0 saturated carbocycles. The van der Waals surface area contributed by atoms with E-state index in [0.29, 0.717) is 0 Å². The zero-order chi connectivity index (χ0) is 7.15. The normalized spacial score (nSPS) is 5.78. The zero-order valence-corrected chi connectivity index (χ0v) is 6.59. The Morgan fingerprint density at radius 1 is 0.778 bits per heavy atom. The van der Waals surface area contributed by atoms with Crippen LogP contribution in [-0.4, -0.2) is 0 Å². The summed E-state index contributed by atoms with van der Waals surface area (Å²) in [5, 5.41) is 0. The molecule has 0 N–H and O–H groups in total. The van der Waals surface area contributed by atoms with Crippen LogP contribution in [0.3, 0.4) is 0 Å². The van der Waals surface area contributed by atoms with Crippen LogP contribution in [-0.2, 0) is 26.2 Å². The average Bonchev–Trinajstić information content (AvgIpc) is 1.25. The third-order valence-corrected chi connectivity index (χ3v) is 0. The molecule has 0 bridgehead atoms. The van der Waals surface area contributed by atoms with Crippen molar-refractivity contribution < 1.29 is 45.8 Å². The van der Waals surface area contributed by atoms with Crippen LogP contribution in [0.2, 0.25) is 0 Å². The summed E-state index contributed by atoms with van der Waals surface area (Å²) >= 11 is 0. The molecule has 0 heterocycles. The molecule has 0 aliphatic carbocycles. The first kappa shape index (κ1) is 16.3. The predicted molar refractivity (Wildman–Crippen MR) is 15.2 cm³/mol. The second kappa shape index (κ2) is 11.4. The second-order valence-corrected chi connectivity index (χ2v) is 1.34. The molecule has 0 aromatic heterocycles. The summed E-state index contributed by atoms with van der Waals surface area (Å²) in [6, 6.07) is 0. The molecule has 0 aromatic carbocycles. The molecular weight excluding hydrogens is 214 g/mol. The van der Waals surface area contributed by atoms with Crippen LogP contribution in [0.1, 0.15) is 0 Å². The van der Waals surface area contributed by atoms with Crippen LogP contribution in [0.15, 0.2) is 0 Å². The Bertz CT molecular complexity index is 69.1. The third-order valence-electron chi connectivity index (χ3n) is 0. The van der Waals surface area contributed by atoms with Crippen molar-refractivity contribution >= 4 is 16.5 Å². The van der Waals surface area contributed by atoms with Gasteiger partial charge in [0.25, 0.3) is 16.5 Å². The Morgan fingerprint density at radius 3 is 0.778 bits per heavy atom. The van der Waals surface area contributed by atoms with Gasteiger partial charge in [-0.2, -0.15) is 0 Å². The van der Waals surface area contributed by atoms with Gasteiger partial charge in [-0.15, -0.1) is 0 Å². The fourth-order valence-corrected chi connectivity index (χ4v) is 0. The molecule has 6 nitrogen and oxygen atoms in total. The van der Waals surface area contributed by atoms with Crippen LogP contribution in [0.25, 0.3) is 0 Å². The van der Waals surface area contributed by atoms with Crippen LogP contribution in [0.4, 0.5) is 0 Å². The molecule has 0 amide bonds. The SMILES string of the molecule is O=[P+]([O-])[O-].O=[P+]([O-])[O-].[Fe+4]. The average molecular weight is 214 g/mol. The minimum absolute atomic E-state index is 0. The van der Waals surface area contributed by atoms with Gasteiger partial charge in [-0.05, 0) is 0 Å². The molecule has 0 aromatic rings. The number of rotatable bonds is 0. The summed E-state index contributed by atoms with van der Waals surface area (Å²) < 4.78 is 17.0. The van der Waals surface area contributed by atoms with Crippen LogP contribution < -0.4 is 19.6 Å². The summed E-state index contributed by atoms with van der Waals surface area (Å²) in [6.07, 6.45) is 0. The van der Waals surface area contributed by atoms with E-state index in [-0.39, 0.29) is 17.1 Å². The first-order valence-corrected chi connectivity index (χ1v) is 3.29. The first-order valence-electron chi connectivity index (χ1n) is 1.10. The maximum absolute atomic E-state index is 8.48. The second-order valence-electron chi connectivity index (χ2n) is 0.447. The van der Waals surface area contributed by atoms with Crippen molar-refractivity contribution in [3.63, 3.8) is 0 Å². The van der Waals surface area contributed by atoms with Crippen molar-refractivity contribution in [3.8, 4) is 0 Å². The molecule has 0 aliphatic rings. The van der Waals surface area contributed by atoms with Gasteiger partial charge < -0.3 is 19.6 Å². The Kier molecular flexibility index (Phi) is 20.6. The number of hydrogen-bond acceptors (Lipinski definition) is 6. The molecule has 52 valence electrons. The van der Waals surface area contributed by atoms with E-state index in [4.69, 9.17) is 28.7 Å². The van der Waals surface area contributed by atoms with E-state index >= 15 is 0 Å². The van der Waals surface area contributed by atoms with Gasteiger partial charge in [0.15, 0.2) is 0 Å². The minimum atomic E-state index is -3.37. The van der Waals surface area contributed by atoms with Gasteiger partial charge in [-0.1, -0.05) is 9.13 Å². The smallest absolute Gasteiger partial charge is 0.598 e. The van der Waals surface area contributed by atoms with E-state index in [9.17, 15) is 0 Å². The Morgan fingerprint density at radius 2 is 0.778 bits per heavy atom. The van der Waals surface area contributed by atoms with Gasteiger partial charge in [-0.25, -0.2) is 0 Å². The maximum atomic E-state index is 8.48. The summed E-state index contributed by atoms with van der Waals surface area (Å²) in [7, 11) is -6.74. The molecule has 9 heavy (non-hydrogen) atoms. The molecule has 0 aliphatic heterocycles. The van der Waals surface area contributed by atoms with E-state index in [1.54, 1.807) is 0 Å². The minimum Gasteiger partial charge on any atom is -0.598 e. The summed E-state index contributed by atoms with van der Waals surface area (Å²) in [5.41, 5.74) is 0. The van der Waals surface area contributed by atoms with Gasteiger partial charge in [0, 0.05) is 0 Å². The molecule has 0 atom stereocenters. The van der Waals surface area contributed by atoms with Crippen LogP contribution >= 0.6 is 16.5 Å². The Balaban J connectivity index is -0.0000000720. The quantitative estimate of drug-likeness (QED) is 0.307. The fourth-order valence-electron chi connectivity index (χ4n) is 0. The molecule has 0 radical (unpaired) electrons. The summed E-state index contributed by atoms with van der Waals surface area (Å²) in [4.78, 5) is 33.9. The van der Waals surface area contributed by atoms with E-state index in [1.165, 1.54) is 0 Å². The molecular formula is FeO6P2+2. The van der Waals surface area contributed by atoms with Crippen molar-refractivity contribution in [2.45, 2.75) is 0 Å². The number of hydrogen-bond donors (Lipinski definition) is 0. The fraction of sp³-hybridized carbons (Fsp3) is 0. The van der Waals surface area contributed by atoms with Crippen molar-refractivity contribution in [2.24, 2.45) is 0 Å². The largest absolute Gasteiger partial charge is 4.00 e. The van der Waals surface area contributed by atoms with Gasteiger partial charge in [0.1, 0.15) is 0 Å². The maximum Gasteiger partial charge on any atom is 4.00 e. The third kappa shape index (κ3) is 1180. The van der Waals surface area contributed by atoms with Crippen molar-refractivity contribution in [2.75, 3.05) is 0 Å². The molecule has 0 saturated heterocycles. The van der Waals surface area contributed by atoms with E-state index in [0.717, 1.165) is 0 Å². The van der Waals surface area contributed by atoms with E-state index < -0.39 is 16.5 Å². The predicted octanol–water partition coefficient (Wildman–Crippen LogP) is -3.27. The zero-order valence-electron chi connectivity index (χ0n) is 3.70. The van der Waals surface area contributed by atoms with Gasteiger partial charge >= 0.3 is 17.1 Å². The van der Waals surface area contributed by atoms with E-state index in [2.05, 4.69) is 0 Å². The molecule has 0 spiro atoms. The van der Waals surface area contributed by atoms with E-state index in [1.807, 2.05) is 0 Å². The van der Waals surface area contributed by atoms with Crippen LogP contribution in [0.5, 0.6) is 0 Å². The standard InChI is InChI=1S/Fe.2HO3P/c;2*1-4(2)3/h;2*(H,1,2,3)/q+4;;/p-2. The molecule has 0 rings (SSSR count). The molecule has 9 heteroatoms.